The first-order chi connectivity index (χ1) is 6.31. The highest BCUT2D eigenvalue weighted by atomic mass is 16.5. The Morgan fingerprint density at radius 2 is 1.69 bits per heavy atom. The zero-order chi connectivity index (χ0) is 9.94. The van der Waals surface area contributed by atoms with Gasteiger partial charge in [0.2, 0.25) is 0 Å². The van der Waals surface area contributed by atoms with Gasteiger partial charge in [0.25, 0.3) is 0 Å². The molecule has 0 aliphatic carbocycles. The average Bonchev–Trinajstić information content (AvgIpc) is 2.16. The van der Waals surface area contributed by atoms with Gasteiger partial charge < -0.3 is 20.1 Å². The van der Waals surface area contributed by atoms with E-state index in [1.54, 1.807) is 0 Å². The fourth-order valence-electron chi connectivity index (χ4n) is 0.944. The molecule has 4 nitrogen and oxygen atoms in total. The Balaban J connectivity index is 2.91. The number of hydrogen-bond donors (Lipinski definition) is 3. The molecule has 1 unspecified atom stereocenters. The highest BCUT2D eigenvalue weighted by Gasteiger charge is 2.00. The smallest absolute Gasteiger partial charge is 0.0771 e. The van der Waals surface area contributed by atoms with Crippen LogP contribution >= 0.6 is 0 Å². The fourth-order valence-corrected chi connectivity index (χ4v) is 0.944. The number of ether oxygens (including phenoxy) is 1. The first-order valence-corrected chi connectivity index (χ1v) is 4.78. The molecule has 0 saturated heterocycles. The van der Waals surface area contributed by atoms with Gasteiger partial charge in [-0.05, 0) is 25.7 Å². The summed E-state index contributed by atoms with van der Waals surface area (Å²) in [5, 5.41) is 25.9. The molecule has 0 radical (unpaired) electrons. The first kappa shape index (κ1) is 12.8. The average molecular weight is 192 g/mol. The first-order valence-electron chi connectivity index (χ1n) is 4.78. The molecule has 1 atom stereocenters. The highest BCUT2D eigenvalue weighted by molar-refractivity contribution is 4.52. The molecule has 0 aromatic heterocycles. The third kappa shape index (κ3) is 9.76. The minimum Gasteiger partial charge on any atom is -0.396 e. The van der Waals surface area contributed by atoms with E-state index in [0.29, 0.717) is 26.1 Å². The molecule has 0 aromatic carbocycles. The normalized spacial score (nSPS) is 13.2. The van der Waals surface area contributed by atoms with Gasteiger partial charge in [-0.1, -0.05) is 0 Å². The molecule has 0 aliphatic heterocycles. The Labute approximate surface area is 79.2 Å². The monoisotopic (exact) mass is 192 g/mol. The van der Waals surface area contributed by atoms with Crippen molar-refractivity contribution in [1.82, 2.24) is 0 Å². The van der Waals surface area contributed by atoms with Crippen molar-refractivity contribution in [3.05, 3.63) is 0 Å². The van der Waals surface area contributed by atoms with Crippen LogP contribution in [0.4, 0.5) is 0 Å². The summed E-state index contributed by atoms with van der Waals surface area (Å²) in [4.78, 5) is 0. The lowest BCUT2D eigenvalue weighted by molar-refractivity contribution is 0.0786. The van der Waals surface area contributed by atoms with Gasteiger partial charge in [-0.2, -0.15) is 0 Å². The Morgan fingerprint density at radius 1 is 1.00 bits per heavy atom. The van der Waals surface area contributed by atoms with Crippen molar-refractivity contribution in [3.8, 4) is 0 Å². The summed E-state index contributed by atoms with van der Waals surface area (Å²) in [5.74, 6) is 0. The van der Waals surface area contributed by atoms with Crippen LogP contribution in [0.1, 0.15) is 25.7 Å². The molecule has 0 bridgehead atoms. The summed E-state index contributed by atoms with van der Waals surface area (Å²) >= 11 is 0. The second-order valence-corrected chi connectivity index (χ2v) is 3.02. The summed E-state index contributed by atoms with van der Waals surface area (Å²) in [6, 6.07) is 0. The van der Waals surface area contributed by atoms with Crippen LogP contribution in [-0.2, 0) is 4.74 Å². The molecule has 0 heterocycles. The Bertz CT molecular complexity index is 97.6. The summed E-state index contributed by atoms with van der Waals surface area (Å²) < 4.78 is 5.19. The van der Waals surface area contributed by atoms with Crippen molar-refractivity contribution >= 4 is 0 Å². The van der Waals surface area contributed by atoms with E-state index in [1.165, 1.54) is 0 Å². The van der Waals surface area contributed by atoms with E-state index < -0.39 is 6.10 Å². The molecule has 0 fully saturated rings. The van der Waals surface area contributed by atoms with Crippen LogP contribution in [0.15, 0.2) is 0 Å². The number of aliphatic hydroxyl groups is 3. The number of unbranched alkanes of at least 4 members (excludes halogenated alkanes) is 1. The molecular formula is C9H20O4. The molecular weight excluding hydrogens is 172 g/mol. The molecule has 0 amide bonds. The van der Waals surface area contributed by atoms with Crippen molar-refractivity contribution in [1.29, 1.82) is 0 Å². The summed E-state index contributed by atoms with van der Waals surface area (Å²) in [6.45, 7) is 1.27. The molecule has 0 rings (SSSR count). The largest absolute Gasteiger partial charge is 0.396 e. The van der Waals surface area contributed by atoms with Crippen LogP contribution in [0.2, 0.25) is 0 Å². The minimum atomic E-state index is -0.586. The summed E-state index contributed by atoms with van der Waals surface area (Å²) in [5.41, 5.74) is 0. The van der Waals surface area contributed by atoms with Crippen molar-refractivity contribution < 1.29 is 20.1 Å². The standard InChI is InChI=1S/C9H20O4/c10-5-3-7-13-6-2-1-4-9(12)8-11/h9-12H,1-8H2. The van der Waals surface area contributed by atoms with Crippen LogP contribution in [-0.4, -0.2) is 47.9 Å². The second kappa shape index (κ2) is 9.92. The molecule has 13 heavy (non-hydrogen) atoms. The third-order valence-electron chi connectivity index (χ3n) is 1.73. The maximum absolute atomic E-state index is 8.97. The van der Waals surface area contributed by atoms with E-state index >= 15 is 0 Å². The van der Waals surface area contributed by atoms with Gasteiger partial charge in [-0.3, -0.25) is 0 Å². The van der Waals surface area contributed by atoms with Crippen molar-refractivity contribution in [2.45, 2.75) is 31.8 Å². The van der Waals surface area contributed by atoms with Gasteiger partial charge in [0.1, 0.15) is 0 Å². The highest BCUT2D eigenvalue weighted by Crippen LogP contribution is 2.00. The SMILES string of the molecule is OCCCOCCCCC(O)CO. The zero-order valence-corrected chi connectivity index (χ0v) is 7.98. The van der Waals surface area contributed by atoms with Crippen molar-refractivity contribution in [3.63, 3.8) is 0 Å². The molecule has 0 aliphatic rings. The quantitative estimate of drug-likeness (QED) is 0.446. The predicted molar refractivity (Wildman–Crippen MR) is 49.5 cm³/mol. The van der Waals surface area contributed by atoms with Crippen LogP contribution in [0, 0.1) is 0 Å². The van der Waals surface area contributed by atoms with Gasteiger partial charge in [0.05, 0.1) is 12.7 Å². The lowest BCUT2D eigenvalue weighted by Gasteiger charge is -2.06. The number of hydrogen-bond acceptors (Lipinski definition) is 4. The van der Waals surface area contributed by atoms with Crippen molar-refractivity contribution in [2.75, 3.05) is 26.4 Å². The van der Waals surface area contributed by atoms with E-state index in [9.17, 15) is 0 Å². The van der Waals surface area contributed by atoms with Gasteiger partial charge in [-0.25, -0.2) is 0 Å². The molecule has 0 aromatic rings. The Hall–Kier alpha value is -0.160. The summed E-state index contributed by atoms with van der Waals surface area (Å²) in [6.07, 6.45) is 2.47. The van der Waals surface area contributed by atoms with Crippen LogP contribution in [0.3, 0.4) is 0 Å². The van der Waals surface area contributed by atoms with Crippen LogP contribution in [0.25, 0.3) is 0 Å². The van der Waals surface area contributed by atoms with E-state index in [1.807, 2.05) is 0 Å². The van der Waals surface area contributed by atoms with Gasteiger partial charge in [0.15, 0.2) is 0 Å². The Kier molecular flexibility index (Phi) is 9.80. The lowest BCUT2D eigenvalue weighted by atomic mass is 10.2. The summed E-state index contributed by atoms with van der Waals surface area (Å²) in [7, 11) is 0. The predicted octanol–water partition coefficient (Wildman–Crippen LogP) is -0.0911. The number of rotatable bonds is 9. The van der Waals surface area contributed by atoms with Crippen LogP contribution in [0.5, 0.6) is 0 Å². The molecule has 0 saturated carbocycles. The second-order valence-electron chi connectivity index (χ2n) is 3.02. The van der Waals surface area contributed by atoms with Gasteiger partial charge in [0, 0.05) is 19.8 Å². The van der Waals surface area contributed by atoms with Gasteiger partial charge >= 0.3 is 0 Å². The van der Waals surface area contributed by atoms with E-state index in [0.717, 1.165) is 12.8 Å². The van der Waals surface area contributed by atoms with E-state index in [4.69, 9.17) is 20.1 Å². The molecule has 80 valence electrons. The Morgan fingerprint density at radius 3 is 2.31 bits per heavy atom. The molecule has 3 N–H and O–H groups in total. The molecule has 0 spiro atoms. The van der Waals surface area contributed by atoms with E-state index in [2.05, 4.69) is 0 Å². The number of aliphatic hydroxyl groups excluding tert-OH is 3. The van der Waals surface area contributed by atoms with Gasteiger partial charge in [-0.15, -0.1) is 0 Å². The lowest BCUT2D eigenvalue weighted by Crippen LogP contribution is -2.11. The fraction of sp³-hybridized carbons (Fsp3) is 1.00. The maximum Gasteiger partial charge on any atom is 0.0771 e. The third-order valence-corrected chi connectivity index (χ3v) is 1.73. The molecule has 4 heteroatoms. The maximum atomic E-state index is 8.97. The minimum absolute atomic E-state index is 0.161. The van der Waals surface area contributed by atoms with Crippen LogP contribution < -0.4 is 0 Å². The van der Waals surface area contributed by atoms with Crippen molar-refractivity contribution in [2.24, 2.45) is 0 Å². The topological polar surface area (TPSA) is 69.9 Å². The zero-order valence-electron chi connectivity index (χ0n) is 7.98. The van der Waals surface area contributed by atoms with E-state index in [-0.39, 0.29) is 13.2 Å².